The summed E-state index contributed by atoms with van der Waals surface area (Å²) in [7, 11) is 0. The fraction of sp³-hybridized carbons (Fsp3) is 0.0714. The summed E-state index contributed by atoms with van der Waals surface area (Å²) >= 11 is 5.90. The summed E-state index contributed by atoms with van der Waals surface area (Å²) in [6.45, 7) is 0.549. The molecule has 0 amide bonds. The molecule has 7 heteroatoms. The van der Waals surface area contributed by atoms with E-state index in [1.807, 2.05) is 12.1 Å². The lowest BCUT2D eigenvalue weighted by Gasteiger charge is -2.11. The number of phenols is 1. The second kappa shape index (κ2) is 5.80. The molecule has 3 rings (SSSR count). The smallest absolute Gasteiger partial charge is 0.178 e. The van der Waals surface area contributed by atoms with Crippen LogP contribution < -0.4 is 5.32 Å². The zero-order valence-corrected chi connectivity index (χ0v) is 11.7. The highest BCUT2D eigenvalue weighted by Crippen LogP contribution is 2.24. The summed E-state index contributed by atoms with van der Waals surface area (Å²) in [4.78, 5) is 8.22. The first-order valence-electron chi connectivity index (χ1n) is 6.25. The van der Waals surface area contributed by atoms with E-state index in [2.05, 4.69) is 20.4 Å². The van der Waals surface area contributed by atoms with E-state index in [-0.39, 0.29) is 5.75 Å². The van der Waals surface area contributed by atoms with E-state index >= 15 is 0 Å². The molecule has 0 fully saturated rings. The molecule has 0 spiro atoms. The molecular formula is C14H12ClN5O. The minimum Gasteiger partial charge on any atom is -0.506 e. The van der Waals surface area contributed by atoms with Gasteiger partial charge >= 0.3 is 0 Å². The van der Waals surface area contributed by atoms with E-state index in [9.17, 15) is 5.11 Å². The second-order valence-corrected chi connectivity index (χ2v) is 4.76. The highest BCUT2D eigenvalue weighted by Gasteiger charge is 2.06. The molecule has 6 nitrogen and oxygen atoms in total. The van der Waals surface area contributed by atoms with Gasteiger partial charge in [-0.2, -0.15) is 5.10 Å². The maximum Gasteiger partial charge on any atom is 0.178 e. The summed E-state index contributed by atoms with van der Waals surface area (Å²) in [5.41, 5.74) is 1.78. The molecule has 106 valence electrons. The molecule has 3 aromatic rings. The van der Waals surface area contributed by atoms with Crippen LogP contribution in [0, 0.1) is 0 Å². The molecule has 0 unspecified atom stereocenters. The number of rotatable bonds is 4. The lowest BCUT2D eigenvalue weighted by molar-refractivity contribution is 0.475. The Balaban J connectivity index is 1.81. The molecule has 0 radical (unpaired) electrons. The number of phenolic OH excluding ortho intramolecular Hbond substituents is 1. The number of anilines is 1. The number of pyridine rings is 1. The van der Waals surface area contributed by atoms with E-state index in [0.29, 0.717) is 17.4 Å². The Labute approximate surface area is 126 Å². The van der Waals surface area contributed by atoms with E-state index in [0.717, 1.165) is 11.3 Å². The quantitative estimate of drug-likeness (QED) is 0.775. The van der Waals surface area contributed by atoms with Crippen molar-refractivity contribution in [3.63, 3.8) is 0 Å². The molecule has 0 aliphatic rings. The number of aromatic hydroxyl groups is 1. The van der Waals surface area contributed by atoms with E-state index in [4.69, 9.17) is 11.6 Å². The van der Waals surface area contributed by atoms with Crippen LogP contribution in [0.15, 0.2) is 49.2 Å². The number of nitrogens with one attached hydrogen (secondary N) is 1. The van der Waals surface area contributed by atoms with Gasteiger partial charge in [-0.1, -0.05) is 17.7 Å². The van der Waals surface area contributed by atoms with Gasteiger partial charge in [-0.25, -0.2) is 14.6 Å². The Morgan fingerprint density at radius 3 is 2.95 bits per heavy atom. The Bertz CT molecular complexity index is 745. The van der Waals surface area contributed by atoms with Crippen LogP contribution in [0.1, 0.15) is 5.56 Å². The molecule has 0 aliphatic heterocycles. The summed E-state index contributed by atoms with van der Waals surface area (Å²) < 4.78 is 1.59. The first kappa shape index (κ1) is 13.4. The van der Waals surface area contributed by atoms with Crippen LogP contribution in [0.25, 0.3) is 5.82 Å². The number of nitrogens with zero attached hydrogens (tertiary/aromatic N) is 4. The molecular weight excluding hydrogens is 290 g/mol. The fourth-order valence-corrected chi connectivity index (χ4v) is 2.10. The highest BCUT2D eigenvalue weighted by molar-refractivity contribution is 6.32. The Morgan fingerprint density at radius 2 is 2.19 bits per heavy atom. The van der Waals surface area contributed by atoms with Crippen LogP contribution in [0.4, 0.5) is 5.69 Å². The molecule has 0 bridgehead atoms. The Morgan fingerprint density at radius 1 is 1.29 bits per heavy atom. The minimum absolute atomic E-state index is 0.0742. The lowest BCUT2D eigenvalue weighted by atomic mass is 10.2. The minimum atomic E-state index is 0.0742. The lowest BCUT2D eigenvalue weighted by Crippen LogP contribution is -2.06. The monoisotopic (exact) mass is 301 g/mol. The van der Waals surface area contributed by atoms with Gasteiger partial charge in [-0.15, -0.1) is 0 Å². The Hall–Kier alpha value is -2.60. The average Bonchev–Trinajstić information content (AvgIpc) is 3.03. The molecule has 21 heavy (non-hydrogen) atoms. The third-order valence-corrected chi connectivity index (χ3v) is 3.22. The zero-order chi connectivity index (χ0) is 14.7. The Kier molecular flexibility index (Phi) is 3.70. The number of hydrogen-bond donors (Lipinski definition) is 2. The van der Waals surface area contributed by atoms with Gasteiger partial charge in [0.25, 0.3) is 0 Å². The van der Waals surface area contributed by atoms with Crippen molar-refractivity contribution < 1.29 is 5.11 Å². The summed E-state index contributed by atoms with van der Waals surface area (Å²) in [5.74, 6) is 0.741. The number of halogens is 1. The molecule has 0 saturated heterocycles. The van der Waals surface area contributed by atoms with Crippen LogP contribution in [0.2, 0.25) is 5.02 Å². The molecule has 0 aliphatic carbocycles. The van der Waals surface area contributed by atoms with Gasteiger partial charge in [0.05, 0.1) is 10.7 Å². The van der Waals surface area contributed by atoms with Crippen LogP contribution in [0.3, 0.4) is 0 Å². The van der Waals surface area contributed by atoms with Gasteiger partial charge in [0, 0.05) is 12.7 Å². The number of aromatic nitrogens is 4. The molecule has 1 aromatic carbocycles. The van der Waals surface area contributed by atoms with Crippen LogP contribution in [0.5, 0.6) is 5.75 Å². The molecule has 2 aromatic heterocycles. The van der Waals surface area contributed by atoms with Gasteiger partial charge in [0.15, 0.2) is 5.82 Å². The maximum absolute atomic E-state index is 9.42. The average molecular weight is 302 g/mol. The third-order valence-electron chi connectivity index (χ3n) is 2.92. The predicted octanol–water partition coefficient (Wildman–Crippen LogP) is 2.63. The van der Waals surface area contributed by atoms with Gasteiger partial charge in [0.1, 0.15) is 18.4 Å². The largest absolute Gasteiger partial charge is 0.506 e. The van der Waals surface area contributed by atoms with Crippen molar-refractivity contribution in [3.05, 3.63) is 59.8 Å². The summed E-state index contributed by atoms with van der Waals surface area (Å²) in [6.07, 6.45) is 4.74. The maximum atomic E-state index is 9.42. The zero-order valence-electron chi connectivity index (χ0n) is 10.9. The molecule has 0 atom stereocenters. The van der Waals surface area contributed by atoms with Crippen molar-refractivity contribution in [2.45, 2.75) is 6.54 Å². The summed E-state index contributed by atoms with van der Waals surface area (Å²) in [5, 5.41) is 17.1. The van der Waals surface area contributed by atoms with Crippen molar-refractivity contribution >= 4 is 17.3 Å². The van der Waals surface area contributed by atoms with Gasteiger partial charge < -0.3 is 10.4 Å². The standard InChI is InChI=1S/C14H12ClN5O/c15-11-6-10(3-4-13(11)21)7-18-12-2-1-5-17-14(12)20-9-16-8-19-20/h1-6,8-9,18,21H,7H2. The predicted molar refractivity (Wildman–Crippen MR) is 79.6 cm³/mol. The topological polar surface area (TPSA) is 75.9 Å². The van der Waals surface area contributed by atoms with Gasteiger partial charge in [-0.3, -0.25) is 0 Å². The molecule has 2 N–H and O–H groups in total. The SMILES string of the molecule is Oc1ccc(CNc2cccnc2-n2cncn2)cc1Cl. The van der Waals surface area contributed by atoms with Crippen LogP contribution in [-0.2, 0) is 6.54 Å². The summed E-state index contributed by atoms with van der Waals surface area (Å²) in [6, 6.07) is 8.84. The van der Waals surface area contributed by atoms with E-state index in [1.165, 1.54) is 6.33 Å². The third kappa shape index (κ3) is 2.95. The van der Waals surface area contributed by atoms with Crippen molar-refractivity contribution in [2.24, 2.45) is 0 Å². The molecule has 0 saturated carbocycles. The fourth-order valence-electron chi connectivity index (χ4n) is 1.89. The van der Waals surface area contributed by atoms with Crippen molar-refractivity contribution in [1.82, 2.24) is 19.7 Å². The molecule has 2 heterocycles. The number of hydrogen-bond acceptors (Lipinski definition) is 5. The first-order chi connectivity index (χ1) is 10.2. The highest BCUT2D eigenvalue weighted by atomic mass is 35.5. The van der Waals surface area contributed by atoms with Crippen molar-refractivity contribution in [3.8, 4) is 11.6 Å². The van der Waals surface area contributed by atoms with E-state index < -0.39 is 0 Å². The van der Waals surface area contributed by atoms with Gasteiger partial charge in [0.2, 0.25) is 0 Å². The van der Waals surface area contributed by atoms with Crippen LogP contribution in [-0.4, -0.2) is 24.9 Å². The van der Waals surface area contributed by atoms with Crippen LogP contribution >= 0.6 is 11.6 Å². The number of benzene rings is 1. The second-order valence-electron chi connectivity index (χ2n) is 4.35. The van der Waals surface area contributed by atoms with Gasteiger partial charge in [-0.05, 0) is 29.8 Å². The van der Waals surface area contributed by atoms with Crippen molar-refractivity contribution in [1.29, 1.82) is 0 Å². The normalized spacial score (nSPS) is 10.5. The van der Waals surface area contributed by atoms with E-state index in [1.54, 1.807) is 35.4 Å². The first-order valence-corrected chi connectivity index (χ1v) is 6.63. The van der Waals surface area contributed by atoms with Crippen molar-refractivity contribution in [2.75, 3.05) is 5.32 Å².